The summed E-state index contributed by atoms with van der Waals surface area (Å²) in [4.78, 5) is 39.0. The number of ketones is 1. The van der Waals surface area contributed by atoms with Crippen molar-refractivity contribution in [2.24, 2.45) is 0 Å². The number of piperidine rings is 1. The van der Waals surface area contributed by atoms with Gasteiger partial charge in [0, 0.05) is 31.9 Å². The molecule has 45 heavy (non-hydrogen) atoms. The molecule has 6 rings (SSSR count). The zero-order chi connectivity index (χ0) is 32.0. The van der Waals surface area contributed by atoms with E-state index < -0.39 is 28.8 Å². The van der Waals surface area contributed by atoms with Gasteiger partial charge in [-0.05, 0) is 74.2 Å². The standard InChI is InChI=1S/C31H32F4N6O3S/c1-3-23-29(38(2)30-37-26(19-4-7-21(32)8-5-19)27(45-30)28(44)31(33,34)35)41-14-20(6-9-24(41)36-23)18-10-12-39(13-11-18)17-25(43)40-15-22(42)16-40/h4-9,14,18,22,42H,3,10-13,15-17H2,1-2H3. The van der Waals surface area contributed by atoms with Crippen LogP contribution in [0, 0.1) is 5.82 Å². The van der Waals surface area contributed by atoms with Crippen LogP contribution in [0.1, 0.15) is 46.6 Å². The van der Waals surface area contributed by atoms with Crippen molar-refractivity contribution < 1.29 is 32.3 Å². The summed E-state index contributed by atoms with van der Waals surface area (Å²) in [6.07, 6.45) is -1.30. The smallest absolute Gasteiger partial charge is 0.389 e. The number of benzene rings is 1. The van der Waals surface area contributed by atoms with E-state index in [1.807, 2.05) is 29.7 Å². The van der Waals surface area contributed by atoms with E-state index in [0.29, 0.717) is 54.6 Å². The zero-order valence-corrected chi connectivity index (χ0v) is 25.5. The number of aromatic nitrogens is 3. The van der Waals surface area contributed by atoms with E-state index in [0.717, 1.165) is 43.6 Å². The quantitative estimate of drug-likeness (QED) is 0.212. The van der Waals surface area contributed by atoms with Gasteiger partial charge in [-0.15, -0.1) is 0 Å². The van der Waals surface area contributed by atoms with Gasteiger partial charge in [-0.3, -0.25) is 18.9 Å². The lowest BCUT2D eigenvalue weighted by molar-refractivity contribution is -0.142. The topological polar surface area (TPSA) is 94.3 Å². The average Bonchev–Trinajstić information content (AvgIpc) is 3.61. The lowest BCUT2D eigenvalue weighted by Gasteiger charge is -2.38. The fourth-order valence-electron chi connectivity index (χ4n) is 5.93. The van der Waals surface area contributed by atoms with Crippen molar-refractivity contribution in [3.63, 3.8) is 0 Å². The Morgan fingerprint density at radius 2 is 1.76 bits per heavy atom. The molecule has 238 valence electrons. The number of pyridine rings is 1. The number of alkyl halides is 3. The van der Waals surface area contributed by atoms with E-state index in [1.165, 1.54) is 12.1 Å². The molecule has 5 heterocycles. The Morgan fingerprint density at radius 1 is 1.07 bits per heavy atom. The number of carbonyl (C=O) groups is 2. The molecule has 0 saturated carbocycles. The molecule has 0 aliphatic carbocycles. The van der Waals surface area contributed by atoms with Crippen molar-refractivity contribution in [1.29, 1.82) is 0 Å². The van der Waals surface area contributed by atoms with Gasteiger partial charge in [-0.1, -0.05) is 24.3 Å². The van der Waals surface area contributed by atoms with Crippen molar-refractivity contribution in [3.05, 3.63) is 64.5 Å². The lowest BCUT2D eigenvalue weighted by Crippen LogP contribution is -2.56. The summed E-state index contributed by atoms with van der Waals surface area (Å²) in [7, 11) is 1.68. The molecule has 9 nitrogen and oxygen atoms in total. The van der Waals surface area contributed by atoms with Crippen LogP contribution in [-0.2, 0) is 11.2 Å². The number of fused-ring (bicyclic) bond motifs is 1. The molecule has 3 aromatic heterocycles. The van der Waals surface area contributed by atoms with Crippen molar-refractivity contribution in [2.75, 3.05) is 44.7 Å². The highest BCUT2D eigenvalue weighted by Gasteiger charge is 2.43. The number of aliphatic hydroxyl groups is 1. The highest BCUT2D eigenvalue weighted by Crippen LogP contribution is 2.40. The number of imidazole rings is 1. The van der Waals surface area contributed by atoms with Gasteiger partial charge in [-0.2, -0.15) is 13.2 Å². The second-order valence-corrected chi connectivity index (χ2v) is 12.5. The minimum atomic E-state index is -5.11. The maximum Gasteiger partial charge on any atom is 0.455 e. The monoisotopic (exact) mass is 644 g/mol. The number of hydrogen-bond acceptors (Lipinski definition) is 8. The average molecular weight is 645 g/mol. The van der Waals surface area contributed by atoms with E-state index in [9.17, 15) is 32.3 Å². The lowest BCUT2D eigenvalue weighted by atomic mass is 9.90. The number of β-amino-alcohol motifs (C(OH)–C–C–N with tert-alkyl or cyclic N) is 1. The third-order valence-electron chi connectivity index (χ3n) is 8.46. The van der Waals surface area contributed by atoms with Crippen LogP contribution in [0.3, 0.4) is 0 Å². The molecule has 2 aliphatic heterocycles. The minimum absolute atomic E-state index is 0.0308. The summed E-state index contributed by atoms with van der Waals surface area (Å²) in [5.74, 6) is -1.68. The summed E-state index contributed by atoms with van der Waals surface area (Å²) < 4.78 is 56.3. The molecule has 4 aromatic rings. The maximum atomic E-state index is 13.6. The number of likely N-dealkylation sites (tertiary alicyclic amines) is 2. The highest BCUT2D eigenvalue weighted by atomic mass is 32.1. The van der Waals surface area contributed by atoms with Gasteiger partial charge in [-0.25, -0.2) is 14.4 Å². The minimum Gasteiger partial charge on any atom is -0.389 e. The number of rotatable bonds is 8. The summed E-state index contributed by atoms with van der Waals surface area (Å²) in [5.41, 5.74) is 2.49. The van der Waals surface area contributed by atoms with Crippen LogP contribution in [0.25, 0.3) is 16.9 Å². The van der Waals surface area contributed by atoms with E-state index in [1.54, 1.807) is 16.8 Å². The Balaban J connectivity index is 1.28. The molecule has 1 aromatic carbocycles. The van der Waals surface area contributed by atoms with Crippen LogP contribution in [-0.4, -0.2) is 93.0 Å². The van der Waals surface area contributed by atoms with E-state index in [2.05, 4.69) is 9.88 Å². The Labute approximate surface area is 260 Å². The number of hydrogen-bond donors (Lipinski definition) is 1. The molecule has 1 amide bonds. The number of thiazole rings is 1. The summed E-state index contributed by atoms with van der Waals surface area (Å²) >= 11 is 0.633. The van der Waals surface area contributed by atoms with Gasteiger partial charge >= 0.3 is 6.18 Å². The van der Waals surface area contributed by atoms with E-state index in [-0.39, 0.29) is 28.2 Å². The van der Waals surface area contributed by atoms with Crippen molar-refractivity contribution in [2.45, 2.75) is 44.4 Å². The molecule has 0 unspecified atom stereocenters. The van der Waals surface area contributed by atoms with E-state index in [4.69, 9.17) is 4.98 Å². The normalized spacial score (nSPS) is 16.7. The van der Waals surface area contributed by atoms with Gasteiger partial charge in [0.05, 0.1) is 24.0 Å². The Hall–Kier alpha value is -3.88. The second-order valence-electron chi connectivity index (χ2n) is 11.5. The molecule has 2 fully saturated rings. The summed E-state index contributed by atoms with van der Waals surface area (Å²) in [6, 6.07) is 8.78. The van der Waals surface area contributed by atoms with E-state index >= 15 is 0 Å². The molecule has 0 atom stereocenters. The molecule has 2 saturated heterocycles. The number of nitrogens with zero attached hydrogens (tertiary/aromatic N) is 6. The fraction of sp³-hybridized carbons (Fsp3) is 0.419. The van der Waals surface area contributed by atoms with Gasteiger partial charge in [0.15, 0.2) is 5.13 Å². The van der Waals surface area contributed by atoms with Crippen molar-refractivity contribution in [1.82, 2.24) is 24.2 Å². The first-order valence-electron chi connectivity index (χ1n) is 14.7. The van der Waals surface area contributed by atoms with Crippen LogP contribution in [0.2, 0.25) is 0 Å². The Bertz CT molecular complexity index is 1720. The van der Waals surface area contributed by atoms with Crippen LogP contribution in [0.15, 0.2) is 42.6 Å². The number of amides is 1. The van der Waals surface area contributed by atoms with Crippen LogP contribution < -0.4 is 4.90 Å². The molecular formula is C31H32F4N6O3S. The van der Waals surface area contributed by atoms with Crippen LogP contribution >= 0.6 is 11.3 Å². The van der Waals surface area contributed by atoms with Gasteiger partial charge in [0.2, 0.25) is 5.91 Å². The molecule has 0 spiro atoms. The second kappa shape index (κ2) is 12.1. The van der Waals surface area contributed by atoms with Gasteiger partial charge in [0.1, 0.15) is 22.2 Å². The van der Waals surface area contributed by atoms with Crippen molar-refractivity contribution >= 4 is 39.6 Å². The number of aliphatic hydroxyl groups excluding tert-OH is 1. The van der Waals surface area contributed by atoms with Crippen molar-refractivity contribution in [3.8, 4) is 11.3 Å². The SMILES string of the molecule is CCc1nc2ccc(C3CCN(CC(=O)N4CC(O)C4)CC3)cn2c1N(C)c1nc(-c2ccc(F)cc2)c(C(=O)C(F)(F)F)s1. The molecule has 0 bridgehead atoms. The predicted molar refractivity (Wildman–Crippen MR) is 162 cm³/mol. The first-order valence-corrected chi connectivity index (χ1v) is 15.6. The maximum absolute atomic E-state index is 13.6. The molecule has 2 aliphatic rings. The molecular weight excluding hydrogens is 612 g/mol. The first kappa shape index (κ1) is 31.1. The Morgan fingerprint density at radius 3 is 2.38 bits per heavy atom. The molecule has 14 heteroatoms. The number of Topliss-reactive ketones (excluding diaryl/α,β-unsaturated/α-hetero) is 1. The third-order valence-corrected chi connectivity index (χ3v) is 9.59. The highest BCUT2D eigenvalue weighted by molar-refractivity contribution is 7.18. The summed E-state index contributed by atoms with van der Waals surface area (Å²) in [6.45, 7) is 4.56. The fourth-order valence-corrected chi connectivity index (χ4v) is 6.95. The predicted octanol–water partition coefficient (Wildman–Crippen LogP) is 5.05. The summed E-state index contributed by atoms with van der Waals surface area (Å²) in [5, 5.41) is 9.64. The van der Waals surface area contributed by atoms with Crippen LogP contribution in [0.4, 0.5) is 28.5 Å². The Kier molecular flexibility index (Phi) is 8.39. The first-order chi connectivity index (χ1) is 21.4. The molecule has 0 radical (unpaired) electrons. The van der Waals surface area contributed by atoms with Crippen LogP contribution in [0.5, 0.6) is 0 Å². The zero-order valence-electron chi connectivity index (χ0n) is 24.7. The third kappa shape index (κ3) is 6.18. The van der Waals surface area contributed by atoms with Gasteiger partial charge in [0.25, 0.3) is 5.78 Å². The largest absolute Gasteiger partial charge is 0.455 e. The number of carbonyl (C=O) groups excluding carboxylic acids is 2. The number of anilines is 2. The molecule has 1 N–H and O–H groups in total. The number of aryl methyl sites for hydroxylation is 1. The van der Waals surface area contributed by atoms with Gasteiger partial charge < -0.3 is 14.9 Å². The number of halogens is 4.